The summed E-state index contributed by atoms with van der Waals surface area (Å²) in [6.45, 7) is 1.72. The number of Topliss-reactive ketones (excluding diaryl/α,β-unsaturated/α-hetero) is 1. The zero-order valence-corrected chi connectivity index (χ0v) is 15.2. The lowest BCUT2D eigenvalue weighted by molar-refractivity contribution is -0.385. The number of nitro groups is 1. The van der Waals surface area contributed by atoms with Gasteiger partial charge in [0.1, 0.15) is 31.1 Å². The summed E-state index contributed by atoms with van der Waals surface area (Å²) in [7, 11) is 1.44. The van der Waals surface area contributed by atoms with Crippen LogP contribution < -0.4 is 14.2 Å². The molecule has 0 fully saturated rings. The molecule has 0 unspecified atom stereocenters. The van der Waals surface area contributed by atoms with Gasteiger partial charge in [-0.2, -0.15) is 0 Å². The highest BCUT2D eigenvalue weighted by atomic mass is 16.6. The molecule has 9 nitrogen and oxygen atoms in total. The minimum Gasteiger partial charge on any atom is -0.496 e. The van der Waals surface area contributed by atoms with Crippen molar-refractivity contribution in [2.24, 2.45) is 0 Å². The molecule has 2 aromatic carbocycles. The Bertz CT molecular complexity index is 953. The summed E-state index contributed by atoms with van der Waals surface area (Å²) in [6, 6.07) is 7.11. The van der Waals surface area contributed by atoms with Crippen molar-refractivity contribution in [1.82, 2.24) is 0 Å². The molecule has 3 rings (SSSR count). The Morgan fingerprint density at radius 1 is 1.14 bits per heavy atom. The molecule has 0 amide bonds. The molecule has 2 aromatic rings. The fourth-order valence-corrected chi connectivity index (χ4v) is 2.72. The van der Waals surface area contributed by atoms with E-state index in [0.717, 1.165) is 6.07 Å². The normalized spacial score (nSPS) is 12.2. The van der Waals surface area contributed by atoms with E-state index in [1.165, 1.54) is 20.1 Å². The summed E-state index contributed by atoms with van der Waals surface area (Å²) < 4.78 is 21.1. The first-order valence-electron chi connectivity index (χ1n) is 8.33. The van der Waals surface area contributed by atoms with E-state index in [1.807, 2.05) is 0 Å². The monoisotopic (exact) mass is 387 g/mol. The maximum absolute atomic E-state index is 12.5. The number of carbonyl (C=O) groups is 2. The van der Waals surface area contributed by atoms with Gasteiger partial charge >= 0.3 is 5.97 Å². The molecule has 1 heterocycles. The number of nitro benzene ring substituents is 1. The van der Waals surface area contributed by atoms with Gasteiger partial charge in [-0.25, -0.2) is 4.79 Å². The zero-order valence-electron chi connectivity index (χ0n) is 15.2. The standard InChI is InChI=1S/C19H17NO8/c1-11(21)12-3-4-16(25-2)13(7-12)10-28-19(22)14-8-17-18(27-6-5-26-17)9-15(14)20(23)24/h3-4,7-9H,5-6,10H2,1-2H3. The Hall–Kier alpha value is -3.62. The van der Waals surface area contributed by atoms with Crippen molar-refractivity contribution in [2.45, 2.75) is 13.5 Å². The van der Waals surface area contributed by atoms with Gasteiger partial charge in [0.05, 0.1) is 18.1 Å². The van der Waals surface area contributed by atoms with Crippen LogP contribution >= 0.6 is 0 Å². The second-order valence-electron chi connectivity index (χ2n) is 5.93. The average Bonchev–Trinajstić information content (AvgIpc) is 2.70. The smallest absolute Gasteiger partial charge is 0.345 e. The Morgan fingerprint density at radius 3 is 2.43 bits per heavy atom. The number of ketones is 1. The highest BCUT2D eigenvalue weighted by Crippen LogP contribution is 2.37. The fraction of sp³-hybridized carbons (Fsp3) is 0.263. The topological polar surface area (TPSA) is 114 Å². The highest BCUT2D eigenvalue weighted by Gasteiger charge is 2.27. The lowest BCUT2D eigenvalue weighted by atomic mass is 10.1. The molecule has 1 aliphatic rings. The van der Waals surface area contributed by atoms with E-state index >= 15 is 0 Å². The third-order valence-electron chi connectivity index (χ3n) is 4.12. The van der Waals surface area contributed by atoms with E-state index in [0.29, 0.717) is 16.9 Å². The van der Waals surface area contributed by atoms with Gasteiger partial charge in [-0.05, 0) is 25.1 Å². The SMILES string of the molecule is COc1ccc(C(C)=O)cc1COC(=O)c1cc2c(cc1[N+](=O)[O-])OCCO2. The molecule has 28 heavy (non-hydrogen) atoms. The number of fused-ring (bicyclic) bond motifs is 1. The van der Waals surface area contributed by atoms with Crippen LogP contribution in [-0.4, -0.2) is 37.0 Å². The van der Waals surface area contributed by atoms with Crippen molar-refractivity contribution in [2.75, 3.05) is 20.3 Å². The number of carbonyl (C=O) groups excluding carboxylic acids is 2. The molecule has 0 saturated heterocycles. The second-order valence-corrected chi connectivity index (χ2v) is 5.93. The average molecular weight is 387 g/mol. The summed E-state index contributed by atoms with van der Waals surface area (Å²) in [5.74, 6) is -0.198. The summed E-state index contributed by atoms with van der Waals surface area (Å²) in [6.07, 6.45) is 0. The maximum atomic E-state index is 12.5. The van der Waals surface area contributed by atoms with Crippen LogP contribution in [0.4, 0.5) is 5.69 Å². The lowest BCUT2D eigenvalue weighted by Gasteiger charge is -2.18. The molecule has 0 atom stereocenters. The van der Waals surface area contributed by atoms with Gasteiger partial charge in [0, 0.05) is 17.2 Å². The molecule has 9 heteroatoms. The Morgan fingerprint density at radius 2 is 1.82 bits per heavy atom. The van der Waals surface area contributed by atoms with Gasteiger partial charge in [-0.15, -0.1) is 0 Å². The quantitative estimate of drug-likeness (QED) is 0.322. The van der Waals surface area contributed by atoms with Crippen LogP contribution in [0.1, 0.15) is 33.2 Å². The molecule has 0 radical (unpaired) electrons. The van der Waals surface area contributed by atoms with Crippen LogP contribution in [0.2, 0.25) is 0 Å². The fourth-order valence-electron chi connectivity index (χ4n) is 2.72. The predicted octanol–water partition coefficient (Wildman–Crippen LogP) is 2.93. The number of esters is 1. The van der Waals surface area contributed by atoms with Crippen molar-refractivity contribution >= 4 is 17.4 Å². The summed E-state index contributed by atoms with van der Waals surface area (Å²) in [5, 5.41) is 11.4. The van der Waals surface area contributed by atoms with Gasteiger partial charge in [-0.3, -0.25) is 14.9 Å². The minimum absolute atomic E-state index is 0.155. The molecule has 0 aliphatic carbocycles. The van der Waals surface area contributed by atoms with E-state index < -0.39 is 16.6 Å². The molecule has 0 aromatic heterocycles. The van der Waals surface area contributed by atoms with Crippen LogP contribution in [0, 0.1) is 10.1 Å². The van der Waals surface area contributed by atoms with Crippen molar-refractivity contribution in [3.63, 3.8) is 0 Å². The van der Waals surface area contributed by atoms with Crippen LogP contribution in [0.3, 0.4) is 0 Å². The molecule has 1 aliphatic heterocycles. The van der Waals surface area contributed by atoms with Gasteiger partial charge < -0.3 is 18.9 Å². The van der Waals surface area contributed by atoms with Gasteiger partial charge in [0.2, 0.25) is 0 Å². The number of hydrogen-bond acceptors (Lipinski definition) is 8. The molecule has 0 saturated carbocycles. The zero-order chi connectivity index (χ0) is 20.3. The summed E-state index contributed by atoms with van der Waals surface area (Å²) in [4.78, 5) is 34.7. The van der Waals surface area contributed by atoms with E-state index in [9.17, 15) is 19.7 Å². The van der Waals surface area contributed by atoms with Crippen molar-refractivity contribution in [1.29, 1.82) is 0 Å². The Kier molecular flexibility index (Phi) is 5.44. The highest BCUT2D eigenvalue weighted by molar-refractivity contribution is 5.95. The largest absolute Gasteiger partial charge is 0.496 e. The first-order chi connectivity index (χ1) is 13.4. The molecule has 0 spiro atoms. The number of benzene rings is 2. The number of rotatable bonds is 6. The first kappa shape index (κ1) is 19.2. The number of ether oxygens (including phenoxy) is 4. The summed E-state index contributed by atoms with van der Waals surface area (Å²) in [5.41, 5.74) is 0.190. The van der Waals surface area contributed by atoms with Crippen LogP contribution in [-0.2, 0) is 11.3 Å². The number of methoxy groups -OCH3 is 1. The van der Waals surface area contributed by atoms with E-state index in [1.54, 1.807) is 18.2 Å². The van der Waals surface area contributed by atoms with Gasteiger partial charge in [0.15, 0.2) is 17.3 Å². The summed E-state index contributed by atoms with van der Waals surface area (Å²) >= 11 is 0. The van der Waals surface area contributed by atoms with Gasteiger partial charge in [-0.1, -0.05) is 0 Å². The third kappa shape index (κ3) is 3.88. The molecule has 146 valence electrons. The first-order valence-corrected chi connectivity index (χ1v) is 8.33. The maximum Gasteiger partial charge on any atom is 0.345 e. The lowest BCUT2D eigenvalue weighted by Crippen LogP contribution is -2.17. The number of hydrogen-bond donors (Lipinski definition) is 0. The molecular weight excluding hydrogens is 370 g/mol. The minimum atomic E-state index is -0.904. The second kappa shape index (κ2) is 7.95. The Labute approximate surface area is 159 Å². The van der Waals surface area contributed by atoms with Gasteiger partial charge in [0.25, 0.3) is 5.69 Å². The van der Waals surface area contributed by atoms with Crippen LogP contribution in [0.5, 0.6) is 17.2 Å². The van der Waals surface area contributed by atoms with Crippen LogP contribution in [0.15, 0.2) is 30.3 Å². The molecular formula is C19H17NO8. The van der Waals surface area contributed by atoms with Crippen molar-refractivity contribution < 1.29 is 33.5 Å². The van der Waals surface area contributed by atoms with Crippen LogP contribution in [0.25, 0.3) is 0 Å². The van der Waals surface area contributed by atoms with Crippen molar-refractivity contribution in [3.05, 3.63) is 57.1 Å². The third-order valence-corrected chi connectivity index (χ3v) is 4.12. The van der Waals surface area contributed by atoms with Crippen molar-refractivity contribution in [3.8, 4) is 17.2 Å². The van der Waals surface area contributed by atoms with E-state index in [4.69, 9.17) is 18.9 Å². The Balaban J connectivity index is 1.87. The molecule has 0 bridgehead atoms. The number of nitrogens with zero attached hydrogens (tertiary/aromatic N) is 1. The van der Waals surface area contributed by atoms with E-state index in [-0.39, 0.29) is 42.7 Å². The molecule has 0 N–H and O–H groups in total. The predicted molar refractivity (Wildman–Crippen MR) is 96.2 cm³/mol. The van der Waals surface area contributed by atoms with E-state index in [2.05, 4.69) is 0 Å².